The maximum Gasteiger partial charge on any atom is 0.228 e. The molecule has 1 saturated heterocycles. The van der Waals surface area contributed by atoms with Gasteiger partial charge in [-0.1, -0.05) is 0 Å². The molecule has 32 heavy (non-hydrogen) atoms. The van der Waals surface area contributed by atoms with E-state index in [4.69, 9.17) is 24.2 Å². The third-order valence-electron chi connectivity index (χ3n) is 5.35. The Morgan fingerprint density at radius 2 is 1.72 bits per heavy atom. The highest BCUT2D eigenvalue weighted by atomic mass is 32.1. The lowest BCUT2D eigenvalue weighted by molar-refractivity contribution is 0.324. The summed E-state index contributed by atoms with van der Waals surface area (Å²) in [5, 5.41) is 3.31. The highest BCUT2D eigenvalue weighted by Crippen LogP contribution is 2.39. The lowest BCUT2D eigenvalue weighted by Gasteiger charge is -2.16. The summed E-state index contributed by atoms with van der Waals surface area (Å²) in [6.07, 6.45) is 5.90. The van der Waals surface area contributed by atoms with Gasteiger partial charge in [0, 0.05) is 25.2 Å². The van der Waals surface area contributed by atoms with E-state index in [1.54, 1.807) is 33.2 Å². The third kappa shape index (κ3) is 3.64. The van der Waals surface area contributed by atoms with E-state index < -0.39 is 0 Å². The molecule has 0 bridgehead atoms. The fourth-order valence-electron chi connectivity index (χ4n) is 3.76. The predicted molar refractivity (Wildman–Crippen MR) is 123 cm³/mol. The maximum atomic E-state index is 5.46. The maximum absolute atomic E-state index is 5.46. The minimum atomic E-state index is 0.540. The summed E-state index contributed by atoms with van der Waals surface area (Å²) in [7, 11) is 4.76. The van der Waals surface area contributed by atoms with Crippen molar-refractivity contribution < 1.29 is 14.2 Å². The van der Waals surface area contributed by atoms with Gasteiger partial charge in [-0.05, 0) is 12.8 Å². The molecule has 1 N–H and O–H groups in total. The lowest BCUT2D eigenvalue weighted by Crippen LogP contribution is -2.20. The van der Waals surface area contributed by atoms with E-state index in [1.807, 2.05) is 22.9 Å². The molecule has 10 nitrogen and oxygen atoms in total. The number of hydrogen-bond acceptors (Lipinski definition) is 10. The molecule has 3 aromatic heterocycles. The molecule has 4 heterocycles. The Bertz CT molecular complexity index is 1220. The van der Waals surface area contributed by atoms with Crippen molar-refractivity contribution in [3.8, 4) is 22.9 Å². The number of aromatic nitrogens is 5. The Morgan fingerprint density at radius 3 is 2.41 bits per heavy atom. The molecule has 0 unspecified atom stereocenters. The number of hydrogen-bond donors (Lipinski definition) is 1. The molecule has 0 spiro atoms. The van der Waals surface area contributed by atoms with E-state index in [1.165, 1.54) is 11.3 Å². The first-order valence-electron chi connectivity index (χ1n) is 10.2. The molecule has 11 heteroatoms. The van der Waals surface area contributed by atoms with Crippen LogP contribution in [-0.4, -0.2) is 58.9 Å². The van der Waals surface area contributed by atoms with Gasteiger partial charge in [-0.25, -0.2) is 9.97 Å². The number of anilines is 3. The molecule has 0 saturated carbocycles. The van der Waals surface area contributed by atoms with Crippen LogP contribution in [0, 0.1) is 0 Å². The fraction of sp³-hybridized carbons (Fsp3) is 0.333. The van der Waals surface area contributed by atoms with Crippen LogP contribution in [-0.2, 0) is 0 Å². The molecule has 4 aromatic rings. The van der Waals surface area contributed by atoms with Crippen molar-refractivity contribution in [2.75, 3.05) is 44.6 Å². The number of imidazole rings is 1. The van der Waals surface area contributed by atoms with E-state index >= 15 is 0 Å². The molecular weight excluding hydrogens is 430 g/mol. The summed E-state index contributed by atoms with van der Waals surface area (Å²) in [5.41, 5.74) is 3.34. The monoisotopic (exact) mass is 453 g/mol. The minimum Gasteiger partial charge on any atom is -0.493 e. The molecule has 1 aromatic carbocycles. The Balaban J connectivity index is 1.47. The zero-order valence-corrected chi connectivity index (χ0v) is 18.8. The average molecular weight is 454 g/mol. The van der Waals surface area contributed by atoms with E-state index in [9.17, 15) is 0 Å². The number of methoxy groups -OCH3 is 3. The Hall–Kier alpha value is -3.60. The summed E-state index contributed by atoms with van der Waals surface area (Å²) in [6, 6.07) is 3.73. The number of thiazole rings is 1. The van der Waals surface area contributed by atoms with Gasteiger partial charge in [-0.3, -0.25) is 0 Å². The molecule has 0 atom stereocenters. The Kier molecular flexibility index (Phi) is 5.39. The van der Waals surface area contributed by atoms with Crippen molar-refractivity contribution in [2.24, 2.45) is 0 Å². The van der Waals surface area contributed by atoms with Gasteiger partial charge in [0.15, 0.2) is 22.1 Å². The second kappa shape index (κ2) is 8.50. The second-order valence-electron chi connectivity index (χ2n) is 7.25. The van der Waals surface area contributed by atoms with Crippen molar-refractivity contribution in [3.63, 3.8) is 0 Å². The van der Waals surface area contributed by atoms with Crippen LogP contribution in [0.3, 0.4) is 0 Å². The van der Waals surface area contributed by atoms with Gasteiger partial charge < -0.3 is 29.0 Å². The second-order valence-corrected chi connectivity index (χ2v) is 8.08. The quantitative estimate of drug-likeness (QED) is 0.449. The predicted octanol–water partition coefficient (Wildman–Crippen LogP) is 3.64. The van der Waals surface area contributed by atoms with Crippen LogP contribution in [0.1, 0.15) is 12.8 Å². The first-order valence-corrected chi connectivity index (χ1v) is 11.1. The van der Waals surface area contributed by atoms with E-state index in [2.05, 4.69) is 20.2 Å². The van der Waals surface area contributed by atoms with E-state index in [-0.39, 0.29) is 0 Å². The molecule has 1 aliphatic heterocycles. The summed E-state index contributed by atoms with van der Waals surface area (Å²) in [4.78, 5) is 21.4. The van der Waals surface area contributed by atoms with Crippen molar-refractivity contribution in [1.29, 1.82) is 0 Å². The van der Waals surface area contributed by atoms with E-state index in [0.29, 0.717) is 28.9 Å². The van der Waals surface area contributed by atoms with Gasteiger partial charge in [0.05, 0.1) is 38.7 Å². The average Bonchev–Trinajstić information content (AvgIpc) is 3.59. The summed E-state index contributed by atoms with van der Waals surface area (Å²) >= 11 is 1.50. The van der Waals surface area contributed by atoms with Crippen LogP contribution in [0.5, 0.6) is 17.2 Å². The van der Waals surface area contributed by atoms with Gasteiger partial charge in [0.2, 0.25) is 11.7 Å². The number of rotatable bonds is 7. The van der Waals surface area contributed by atoms with Gasteiger partial charge in [0.1, 0.15) is 17.7 Å². The molecule has 0 radical (unpaired) electrons. The van der Waals surface area contributed by atoms with Crippen molar-refractivity contribution >= 4 is 39.3 Å². The highest BCUT2D eigenvalue weighted by Gasteiger charge is 2.19. The third-order valence-corrected chi connectivity index (χ3v) is 6.07. The van der Waals surface area contributed by atoms with Crippen molar-refractivity contribution in [3.05, 3.63) is 30.2 Å². The summed E-state index contributed by atoms with van der Waals surface area (Å²) < 4.78 is 18.2. The number of fused-ring (bicyclic) bond motifs is 1. The standard InChI is InChI=1S/C21H23N7O3S/c1-29-14-8-13(9-15(30-2)18(14)31-3)28-10-16(22-11-28)24-19-17-20(32-12-23-17)26-21(25-19)27-6-4-5-7-27/h8-12H,4-7H2,1-3H3,(H,24,25,26). The van der Waals surface area contributed by atoms with Crippen molar-refractivity contribution in [2.45, 2.75) is 12.8 Å². The normalized spacial score (nSPS) is 13.5. The van der Waals surface area contributed by atoms with E-state index in [0.717, 1.165) is 47.9 Å². The van der Waals surface area contributed by atoms with Crippen LogP contribution in [0.15, 0.2) is 30.2 Å². The molecule has 166 valence electrons. The molecule has 0 amide bonds. The highest BCUT2D eigenvalue weighted by molar-refractivity contribution is 7.16. The van der Waals surface area contributed by atoms with Gasteiger partial charge in [-0.2, -0.15) is 9.97 Å². The fourth-order valence-corrected chi connectivity index (χ4v) is 4.42. The summed E-state index contributed by atoms with van der Waals surface area (Å²) in [6.45, 7) is 1.94. The van der Waals surface area contributed by atoms with Crippen LogP contribution in [0.4, 0.5) is 17.6 Å². The number of ether oxygens (including phenoxy) is 3. The zero-order valence-electron chi connectivity index (χ0n) is 18.0. The smallest absolute Gasteiger partial charge is 0.228 e. The molecule has 1 aliphatic rings. The molecule has 5 rings (SSSR count). The first-order chi connectivity index (χ1) is 15.7. The summed E-state index contributed by atoms with van der Waals surface area (Å²) in [5.74, 6) is 3.69. The van der Waals surface area contributed by atoms with Crippen LogP contribution < -0.4 is 24.4 Å². The van der Waals surface area contributed by atoms with Gasteiger partial charge in [0.25, 0.3) is 0 Å². The lowest BCUT2D eigenvalue weighted by atomic mass is 10.2. The van der Waals surface area contributed by atoms with Crippen molar-refractivity contribution in [1.82, 2.24) is 24.5 Å². The van der Waals surface area contributed by atoms with Crippen LogP contribution in [0.2, 0.25) is 0 Å². The molecule has 1 fully saturated rings. The van der Waals surface area contributed by atoms with Crippen LogP contribution >= 0.6 is 11.3 Å². The number of nitrogens with one attached hydrogen (secondary N) is 1. The zero-order chi connectivity index (χ0) is 22.1. The SMILES string of the molecule is COc1cc(-n2cnc(Nc3nc(N4CCCC4)nc4scnc34)c2)cc(OC)c1OC. The Labute approximate surface area is 188 Å². The van der Waals surface area contributed by atoms with Crippen LogP contribution in [0.25, 0.3) is 16.0 Å². The Morgan fingerprint density at radius 1 is 0.969 bits per heavy atom. The topological polar surface area (TPSA) is 99.5 Å². The number of nitrogens with zero attached hydrogens (tertiary/aromatic N) is 6. The largest absolute Gasteiger partial charge is 0.493 e. The van der Waals surface area contributed by atoms with Gasteiger partial charge >= 0.3 is 0 Å². The molecule has 0 aliphatic carbocycles. The first kappa shape index (κ1) is 20.3. The molecular formula is C21H23N7O3S. The number of benzene rings is 1. The van der Waals surface area contributed by atoms with Gasteiger partial charge in [-0.15, -0.1) is 11.3 Å². The minimum absolute atomic E-state index is 0.540.